The van der Waals surface area contributed by atoms with E-state index in [0.29, 0.717) is 24.4 Å². The number of sulfonamides is 1. The third-order valence-corrected chi connectivity index (χ3v) is 4.48. The largest absolute Gasteiger partial charge is 0.348 e. The summed E-state index contributed by atoms with van der Waals surface area (Å²) < 4.78 is 26.6. The van der Waals surface area contributed by atoms with Gasteiger partial charge in [0.1, 0.15) is 5.82 Å². The van der Waals surface area contributed by atoms with Crippen LogP contribution in [0.4, 0.5) is 0 Å². The van der Waals surface area contributed by atoms with E-state index in [1.54, 1.807) is 36.7 Å². The van der Waals surface area contributed by atoms with Gasteiger partial charge < -0.3 is 10.3 Å². The summed E-state index contributed by atoms with van der Waals surface area (Å²) in [6.45, 7) is 3.70. The van der Waals surface area contributed by atoms with Crippen LogP contribution in [0.15, 0.2) is 41.6 Å². The average Bonchev–Trinajstić information content (AvgIpc) is 2.96. The van der Waals surface area contributed by atoms with Gasteiger partial charge >= 0.3 is 0 Å². The Hall–Kier alpha value is -1.70. The van der Waals surface area contributed by atoms with E-state index >= 15 is 0 Å². The summed E-state index contributed by atoms with van der Waals surface area (Å²) in [5.41, 5.74) is 1.04. The van der Waals surface area contributed by atoms with Crippen LogP contribution in [0.25, 0.3) is 0 Å². The topological polar surface area (TPSA) is 86.9 Å². The number of H-pyrrole nitrogens is 1. The second-order valence-corrected chi connectivity index (χ2v) is 6.54. The number of aromatic amines is 1. The molecule has 1 heterocycles. The SMILES string of the molecule is Cc1ccc(S(=O)(=O)NCCCNCc2ncc[nH]2)cc1. The number of hydrogen-bond acceptors (Lipinski definition) is 4. The number of nitrogens with zero attached hydrogens (tertiary/aromatic N) is 1. The highest BCUT2D eigenvalue weighted by molar-refractivity contribution is 7.89. The van der Waals surface area contributed by atoms with Crippen LogP contribution in [0.2, 0.25) is 0 Å². The standard InChI is InChI=1S/C14H20N4O2S/c1-12-3-5-13(6-4-12)21(19,20)18-8-2-7-15-11-14-16-9-10-17-14/h3-6,9-10,15,18H,2,7-8,11H2,1H3,(H,16,17). The van der Waals surface area contributed by atoms with Crippen molar-refractivity contribution in [2.24, 2.45) is 0 Å². The molecule has 0 unspecified atom stereocenters. The lowest BCUT2D eigenvalue weighted by Gasteiger charge is -2.07. The molecular weight excluding hydrogens is 288 g/mol. The minimum Gasteiger partial charge on any atom is -0.348 e. The van der Waals surface area contributed by atoms with Crippen molar-refractivity contribution >= 4 is 10.0 Å². The Bertz CT molecular complexity index is 636. The van der Waals surface area contributed by atoms with Gasteiger partial charge in [-0.3, -0.25) is 0 Å². The Morgan fingerprint density at radius 1 is 1.19 bits per heavy atom. The van der Waals surface area contributed by atoms with Crippen molar-refractivity contribution in [3.8, 4) is 0 Å². The summed E-state index contributed by atoms with van der Waals surface area (Å²) in [4.78, 5) is 7.39. The quantitative estimate of drug-likeness (QED) is 0.639. The Kier molecular flexibility index (Phi) is 5.49. The van der Waals surface area contributed by atoms with Crippen molar-refractivity contribution in [2.45, 2.75) is 24.8 Å². The van der Waals surface area contributed by atoms with Gasteiger partial charge in [-0.1, -0.05) is 17.7 Å². The molecule has 114 valence electrons. The first-order valence-electron chi connectivity index (χ1n) is 6.83. The van der Waals surface area contributed by atoms with E-state index in [-0.39, 0.29) is 0 Å². The smallest absolute Gasteiger partial charge is 0.240 e. The normalized spacial score (nSPS) is 11.7. The van der Waals surface area contributed by atoms with Crippen molar-refractivity contribution in [3.63, 3.8) is 0 Å². The lowest BCUT2D eigenvalue weighted by molar-refractivity contribution is 0.572. The molecule has 0 aliphatic heterocycles. The molecule has 0 amide bonds. The van der Waals surface area contributed by atoms with E-state index in [1.807, 2.05) is 6.92 Å². The maximum absolute atomic E-state index is 12.0. The molecule has 2 rings (SSSR count). The fourth-order valence-corrected chi connectivity index (χ4v) is 2.90. The van der Waals surface area contributed by atoms with Crippen molar-refractivity contribution in [3.05, 3.63) is 48.0 Å². The number of nitrogens with one attached hydrogen (secondary N) is 3. The molecule has 0 bridgehead atoms. The molecule has 1 aromatic carbocycles. The van der Waals surface area contributed by atoms with E-state index in [0.717, 1.165) is 17.9 Å². The summed E-state index contributed by atoms with van der Waals surface area (Å²) in [5, 5.41) is 3.19. The van der Waals surface area contributed by atoms with Crippen LogP contribution >= 0.6 is 0 Å². The molecule has 0 aliphatic rings. The molecule has 2 aromatic rings. The molecule has 1 aromatic heterocycles. The molecule has 7 heteroatoms. The molecule has 0 aliphatic carbocycles. The molecule has 3 N–H and O–H groups in total. The van der Waals surface area contributed by atoms with Crippen LogP contribution in [0.5, 0.6) is 0 Å². The molecular formula is C14H20N4O2S. The minimum absolute atomic E-state index is 0.302. The molecule has 0 atom stereocenters. The van der Waals surface area contributed by atoms with Crippen molar-refractivity contribution in [2.75, 3.05) is 13.1 Å². The van der Waals surface area contributed by atoms with Crippen LogP contribution < -0.4 is 10.0 Å². The summed E-state index contributed by atoms with van der Waals surface area (Å²) in [5.74, 6) is 0.871. The van der Waals surface area contributed by atoms with Gasteiger partial charge in [0, 0.05) is 18.9 Å². The van der Waals surface area contributed by atoms with E-state index in [9.17, 15) is 8.42 Å². The fraction of sp³-hybridized carbons (Fsp3) is 0.357. The highest BCUT2D eigenvalue weighted by Gasteiger charge is 2.12. The van der Waals surface area contributed by atoms with E-state index in [2.05, 4.69) is 20.0 Å². The van der Waals surface area contributed by atoms with Crippen molar-refractivity contribution in [1.29, 1.82) is 0 Å². The zero-order valence-electron chi connectivity index (χ0n) is 12.0. The van der Waals surface area contributed by atoms with Gasteiger partial charge in [-0.25, -0.2) is 18.1 Å². The summed E-state index contributed by atoms with van der Waals surface area (Å²) >= 11 is 0. The molecule has 0 saturated heterocycles. The number of benzene rings is 1. The zero-order chi connectivity index (χ0) is 15.1. The molecule has 21 heavy (non-hydrogen) atoms. The van der Waals surface area contributed by atoms with Gasteiger partial charge in [0.25, 0.3) is 0 Å². The third-order valence-electron chi connectivity index (χ3n) is 3.00. The molecule has 6 nitrogen and oxygen atoms in total. The Morgan fingerprint density at radius 2 is 1.95 bits per heavy atom. The van der Waals surface area contributed by atoms with E-state index < -0.39 is 10.0 Å². The lowest BCUT2D eigenvalue weighted by Crippen LogP contribution is -2.27. The second kappa shape index (κ2) is 7.35. The molecule has 0 radical (unpaired) electrons. The summed E-state index contributed by atoms with van der Waals surface area (Å²) in [7, 11) is -3.40. The highest BCUT2D eigenvalue weighted by atomic mass is 32.2. The van der Waals surface area contributed by atoms with Gasteiger partial charge in [0.2, 0.25) is 10.0 Å². The number of hydrogen-bond donors (Lipinski definition) is 3. The zero-order valence-corrected chi connectivity index (χ0v) is 12.8. The van der Waals surface area contributed by atoms with E-state index in [4.69, 9.17) is 0 Å². The van der Waals surface area contributed by atoms with Crippen LogP contribution in [-0.2, 0) is 16.6 Å². The Balaban J connectivity index is 1.69. The third kappa shape index (κ3) is 4.96. The molecule has 0 saturated carbocycles. The van der Waals surface area contributed by atoms with Crippen LogP contribution in [-0.4, -0.2) is 31.5 Å². The first-order chi connectivity index (χ1) is 10.1. The maximum Gasteiger partial charge on any atom is 0.240 e. The number of imidazole rings is 1. The first kappa shape index (κ1) is 15.7. The maximum atomic E-state index is 12.0. The first-order valence-corrected chi connectivity index (χ1v) is 8.31. The Labute approximate surface area is 125 Å². The van der Waals surface area contributed by atoms with Crippen LogP contribution in [0.1, 0.15) is 17.8 Å². The van der Waals surface area contributed by atoms with Gasteiger partial charge in [0.05, 0.1) is 11.4 Å². The van der Waals surface area contributed by atoms with E-state index in [1.165, 1.54) is 0 Å². The summed E-state index contributed by atoms with van der Waals surface area (Å²) in [6, 6.07) is 6.82. The monoisotopic (exact) mass is 308 g/mol. The van der Waals surface area contributed by atoms with Gasteiger partial charge in [-0.05, 0) is 32.0 Å². The highest BCUT2D eigenvalue weighted by Crippen LogP contribution is 2.09. The minimum atomic E-state index is -3.40. The molecule has 0 fully saturated rings. The number of aryl methyl sites for hydroxylation is 1. The Morgan fingerprint density at radius 3 is 2.62 bits per heavy atom. The average molecular weight is 308 g/mol. The summed E-state index contributed by atoms with van der Waals surface area (Å²) in [6.07, 6.45) is 4.19. The predicted octanol–water partition coefficient (Wildman–Crippen LogP) is 1.18. The fourth-order valence-electron chi connectivity index (χ4n) is 1.82. The predicted molar refractivity (Wildman–Crippen MR) is 81.3 cm³/mol. The van der Waals surface area contributed by atoms with Gasteiger partial charge in [0.15, 0.2) is 0 Å². The molecule has 0 spiro atoms. The van der Waals surface area contributed by atoms with Crippen LogP contribution in [0, 0.1) is 6.92 Å². The van der Waals surface area contributed by atoms with Gasteiger partial charge in [-0.15, -0.1) is 0 Å². The number of aromatic nitrogens is 2. The van der Waals surface area contributed by atoms with Crippen molar-refractivity contribution < 1.29 is 8.42 Å². The van der Waals surface area contributed by atoms with Crippen LogP contribution in [0.3, 0.4) is 0 Å². The van der Waals surface area contributed by atoms with Crippen molar-refractivity contribution in [1.82, 2.24) is 20.0 Å². The second-order valence-electron chi connectivity index (χ2n) is 4.78. The lowest BCUT2D eigenvalue weighted by atomic mass is 10.2. The van der Waals surface area contributed by atoms with Gasteiger partial charge in [-0.2, -0.15) is 0 Å². The number of rotatable bonds is 8.